The highest BCUT2D eigenvalue weighted by Crippen LogP contribution is 2.46. The van der Waals surface area contributed by atoms with E-state index in [4.69, 9.17) is 24.2 Å². The second-order valence-corrected chi connectivity index (χ2v) is 25.5. The van der Waals surface area contributed by atoms with E-state index in [0.29, 0.717) is 5.75 Å². The van der Waals surface area contributed by atoms with Crippen molar-refractivity contribution in [1.29, 1.82) is 0 Å². The summed E-state index contributed by atoms with van der Waals surface area (Å²) in [7, 11) is -5.09. The number of quaternary nitrogens is 2. The van der Waals surface area contributed by atoms with Crippen molar-refractivity contribution in [2.45, 2.75) is 116 Å². The van der Waals surface area contributed by atoms with Crippen LogP contribution in [0.15, 0.2) is 162 Å². The molecule has 5 aliphatic heterocycles. The number of fused-ring (bicyclic) bond motifs is 3. The molecule has 0 spiro atoms. The molecular weight excluding hydrogens is 1100 g/mol. The third kappa shape index (κ3) is 16.0. The predicted octanol–water partition coefficient (Wildman–Crippen LogP) is 7.14. The molecule has 3 fully saturated rings. The number of carbonyl (C=O) groups excluding carboxylic acids is 2. The van der Waals surface area contributed by atoms with Crippen molar-refractivity contribution >= 4 is 48.3 Å². The van der Waals surface area contributed by atoms with Crippen LogP contribution in [-0.4, -0.2) is 113 Å². The molecule has 0 radical (unpaired) electrons. The maximum absolute atomic E-state index is 13.4. The number of ether oxygens (including phenoxy) is 3. The summed E-state index contributed by atoms with van der Waals surface area (Å²) in [6.07, 6.45) is 12.3. The largest absolute Gasteiger partial charge is 0.811 e. The van der Waals surface area contributed by atoms with E-state index in [1.54, 1.807) is 59.4 Å². The molecule has 4 atom stereocenters. The van der Waals surface area contributed by atoms with Crippen LogP contribution in [0.25, 0.3) is 11.2 Å². The minimum Gasteiger partial charge on any atom is -0.811 e. The van der Waals surface area contributed by atoms with E-state index in [9.17, 15) is 23.9 Å². The van der Waals surface area contributed by atoms with E-state index in [-0.39, 0.29) is 61.0 Å². The summed E-state index contributed by atoms with van der Waals surface area (Å²) in [5, 5.41) is 2.81. The molecule has 7 heterocycles. The minimum absolute atomic E-state index is 0.0235. The number of imidazole rings is 1. The van der Waals surface area contributed by atoms with E-state index < -0.39 is 37.0 Å². The molecular formula is C67H81N10O8P. The Morgan fingerprint density at radius 2 is 1.20 bits per heavy atom. The van der Waals surface area contributed by atoms with Gasteiger partial charge in [0.1, 0.15) is 18.6 Å². The number of aliphatic imine (C=N–C) groups is 2. The lowest BCUT2D eigenvalue weighted by molar-refractivity contribution is -0.809. The number of aromatic nitrogens is 4. The van der Waals surface area contributed by atoms with E-state index in [1.165, 1.54) is 108 Å². The van der Waals surface area contributed by atoms with Gasteiger partial charge in [0.25, 0.3) is 0 Å². The van der Waals surface area contributed by atoms with Gasteiger partial charge in [-0.1, -0.05) is 141 Å². The van der Waals surface area contributed by atoms with Crippen LogP contribution in [0, 0.1) is 5.41 Å². The lowest BCUT2D eigenvalue weighted by Crippen LogP contribution is -3.15. The van der Waals surface area contributed by atoms with Gasteiger partial charge in [0, 0.05) is 58.0 Å². The van der Waals surface area contributed by atoms with Gasteiger partial charge in [0.05, 0.1) is 56.0 Å². The number of amidine groups is 2. The van der Waals surface area contributed by atoms with Gasteiger partial charge in [-0.15, -0.1) is 0 Å². The summed E-state index contributed by atoms with van der Waals surface area (Å²) in [6, 6.07) is 45.9. The Hall–Kier alpha value is -7.28. The number of carbonyl (C=O) groups is 2. The van der Waals surface area contributed by atoms with Crippen molar-refractivity contribution in [2.24, 2.45) is 15.4 Å². The Bertz CT molecular complexity index is 3310. The second kappa shape index (κ2) is 28.9. The van der Waals surface area contributed by atoms with Gasteiger partial charge in [0.2, 0.25) is 17.7 Å². The highest BCUT2D eigenvalue weighted by atomic mass is 31.2. The van der Waals surface area contributed by atoms with Crippen LogP contribution in [0.5, 0.6) is 11.6 Å². The van der Waals surface area contributed by atoms with Gasteiger partial charge in [0.15, 0.2) is 22.8 Å². The van der Waals surface area contributed by atoms with Crippen molar-refractivity contribution in [1.82, 2.24) is 24.4 Å². The highest BCUT2D eigenvalue weighted by Gasteiger charge is 2.47. The molecule has 7 aromatic rings. The van der Waals surface area contributed by atoms with E-state index in [1.807, 2.05) is 121 Å². The highest BCUT2D eigenvalue weighted by molar-refractivity contribution is 7.48. The summed E-state index contributed by atoms with van der Waals surface area (Å²) >= 11 is 0. The summed E-state index contributed by atoms with van der Waals surface area (Å²) < 4.78 is 32.6. The zero-order valence-electron chi connectivity index (χ0n) is 49.8. The van der Waals surface area contributed by atoms with Crippen molar-refractivity contribution < 1.29 is 48.0 Å². The molecule has 0 aliphatic carbocycles. The van der Waals surface area contributed by atoms with E-state index in [0.717, 1.165) is 40.9 Å². The van der Waals surface area contributed by atoms with Gasteiger partial charge in [-0.05, 0) is 99.2 Å². The summed E-state index contributed by atoms with van der Waals surface area (Å²) in [5.41, 5.74) is 3.06. The lowest BCUT2D eigenvalue weighted by atomic mass is 9.75. The first-order chi connectivity index (χ1) is 41.7. The number of esters is 1. The zero-order chi connectivity index (χ0) is 59.9. The number of nitrogens with zero attached hydrogens (tertiary/aromatic N) is 7. The first-order valence-corrected chi connectivity index (χ1v) is 32.3. The molecule has 452 valence electrons. The van der Waals surface area contributed by atoms with Crippen molar-refractivity contribution in [2.75, 3.05) is 63.8 Å². The topological polar surface area (TPSA) is 217 Å². The maximum Gasteiger partial charge on any atom is 0.316 e. The summed E-state index contributed by atoms with van der Waals surface area (Å²) in [6.45, 7) is 13.2. The molecule has 3 saturated heterocycles. The van der Waals surface area contributed by atoms with Crippen LogP contribution in [0.4, 0.5) is 5.95 Å². The molecule has 5 aromatic carbocycles. The predicted molar refractivity (Wildman–Crippen MR) is 329 cm³/mol. The summed E-state index contributed by atoms with van der Waals surface area (Å²) in [5.74, 6) is 2.60. The van der Waals surface area contributed by atoms with Crippen LogP contribution < -0.4 is 34.4 Å². The molecule has 3 N–H and O–H groups in total. The number of hydrogen-bond acceptors (Lipinski definition) is 14. The molecule has 12 rings (SSSR count). The number of anilines is 1. The number of hydrogen-bond donors (Lipinski definition) is 3. The molecule has 0 saturated carbocycles. The number of rotatable bonds is 14. The first kappa shape index (κ1) is 61.8. The van der Waals surface area contributed by atoms with Gasteiger partial charge < -0.3 is 28.6 Å². The fraction of sp³-hybridized carbons (Fsp3) is 0.418. The standard InChI is InChI=1S/C49H49N6O8P.2C9H16N2/c1-48(2,3)46(57)63-39-26-24-35(25-27-39)31-61-45-43-44(52-47(53-45)51-41(56)28-34-16-8-4-9-17-34)55(33-50-43)42-30-54(29-40(62-42)32-64(58,59)60)49(36-18-10-5-11-19-36,37-20-12-6-13-21-37)38-22-14-7-15-23-38;2*1-2-5-9-10-6-4-8-11(9)7-3-1/h4-27,33,40,42H,28-32H2,1-3H3,(H2,58,59,60)(H,51,52,53,56);2*1-8H2/t40-,42+;;/m0../s1. The van der Waals surface area contributed by atoms with Gasteiger partial charge in [-0.2, -0.15) is 9.97 Å². The number of morpholine rings is 1. The second-order valence-electron chi connectivity index (χ2n) is 23.9. The number of amides is 1. The van der Waals surface area contributed by atoms with Crippen LogP contribution in [0.1, 0.15) is 119 Å². The lowest BCUT2D eigenvalue weighted by Gasteiger charge is -2.51. The molecule has 5 aliphatic rings. The molecule has 19 heteroatoms. The Morgan fingerprint density at radius 1 is 0.663 bits per heavy atom. The van der Waals surface area contributed by atoms with Crippen molar-refractivity contribution in [3.63, 3.8) is 0 Å². The fourth-order valence-corrected chi connectivity index (χ4v) is 12.8. The number of nitrogens with one attached hydrogen (secondary N) is 3. The third-order valence-corrected chi connectivity index (χ3v) is 17.2. The van der Waals surface area contributed by atoms with E-state index in [2.05, 4.69) is 25.2 Å². The first-order valence-electron chi connectivity index (χ1n) is 30.6. The van der Waals surface area contributed by atoms with E-state index >= 15 is 0 Å². The van der Waals surface area contributed by atoms with Gasteiger partial charge in [-0.25, -0.2) is 15.0 Å². The average molecular weight is 1190 g/mol. The normalized spacial score (nSPS) is 20.1. The number of benzene rings is 5. The molecule has 2 aromatic heterocycles. The van der Waals surface area contributed by atoms with Gasteiger partial charge in [-0.3, -0.25) is 34.2 Å². The molecule has 0 bridgehead atoms. The third-order valence-electron chi connectivity index (χ3n) is 16.4. The Balaban J connectivity index is 0.000000306. The van der Waals surface area contributed by atoms with Crippen LogP contribution in [0.2, 0.25) is 0 Å². The van der Waals surface area contributed by atoms with Gasteiger partial charge >= 0.3 is 5.97 Å². The molecule has 86 heavy (non-hydrogen) atoms. The monoisotopic (exact) mass is 1180 g/mol. The molecule has 18 nitrogen and oxygen atoms in total. The Kier molecular flexibility index (Phi) is 20.8. The quantitative estimate of drug-likeness (QED) is 0.0429. The Labute approximate surface area is 504 Å². The van der Waals surface area contributed by atoms with Crippen LogP contribution in [-0.2, 0) is 37.5 Å². The fourth-order valence-electron chi connectivity index (χ4n) is 12.1. The summed E-state index contributed by atoms with van der Waals surface area (Å²) in [4.78, 5) is 79.8. The minimum atomic E-state index is -5.09. The molecule has 2 unspecified atom stereocenters. The Morgan fingerprint density at radius 3 is 1.73 bits per heavy atom. The SMILES string of the molecule is C1CCC2=NCCC[NH+]2CC1.C1CCC2=NCCC[NH+]2CC1.CC(C)(C)C(=O)Oc1ccc(COc2nc(NC(=O)Cc3ccccc3)nc3c2ncn3[C@H]2CN(C(c3ccccc3)(c3ccccc3)c3ccccc3)C[C@@H](CP(=O)([O-])[O-])O2)cc1. The molecule has 1 amide bonds. The smallest absolute Gasteiger partial charge is 0.316 e. The van der Waals surface area contributed by atoms with Crippen molar-refractivity contribution in [3.8, 4) is 11.6 Å². The van der Waals surface area contributed by atoms with Crippen molar-refractivity contribution in [3.05, 3.63) is 180 Å². The van der Waals surface area contributed by atoms with Crippen LogP contribution >= 0.6 is 7.60 Å². The average Bonchev–Trinajstić information content (AvgIpc) is 0.984. The maximum atomic E-state index is 13.4. The van der Waals surface area contributed by atoms with Crippen LogP contribution in [0.3, 0.4) is 0 Å². The zero-order valence-corrected chi connectivity index (χ0v) is 50.7.